The van der Waals surface area contributed by atoms with Gasteiger partial charge in [0.2, 0.25) is 0 Å². The maximum atomic E-state index is 10.4. The van der Waals surface area contributed by atoms with Crippen LogP contribution in [0.4, 0.5) is 0 Å². The van der Waals surface area contributed by atoms with E-state index in [0.717, 1.165) is 61.2 Å². The summed E-state index contributed by atoms with van der Waals surface area (Å²) in [4.78, 5) is 4.81. The van der Waals surface area contributed by atoms with E-state index in [0.29, 0.717) is 11.5 Å². The Morgan fingerprint density at radius 1 is 0.625 bits per heavy atom. The normalized spacial score (nSPS) is 19.5. The average Bonchev–Trinajstić information content (AvgIpc) is 3.26. The van der Waals surface area contributed by atoms with Crippen LogP contribution >= 0.6 is 0 Å². The summed E-state index contributed by atoms with van der Waals surface area (Å²) in [5.41, 5.74) is 1.99. The number of rotatable bonds is 4. The van der Waals surface area contributed by atoms with E-state index in [1.54, 1.807) is 12.1 Å². The summed E-state index contributed by atoms with van der Waals surface area (Å²) in [5, 5.41) is 23.0. The van der Waals surface area contributed by atoms with Gasteiger partial charge in [0.1, 0.15) is 11.5 Å². The van der Waals surface area contributed by atoms with Crippen molar-refractivity contribution in [2.24, 2.45) is 0 Å². The molecule has 0 bridgehead atoms. The third kappa shape index (κ3) is 2.96. The molecule has 0 aliphatic carbocycles. The number of fused-ring (bicyclic) bond motifs is 1. The van der Waals surface area contributed by atoms with Crippen LogP contribution in [0.2, 0.25) is 0 Å². The number of aromatic hydroxyl groups is 2. The molecule has 4 heteroatoms. The molecule has 2 N–H and O–H groups in total. The van der Waals surface area contributed by atoms with E-state index in [1.165, 1.54) is 25.7 Å². The second-order valence-electron chi connectivity index (χ2n) is 7.19. The van der Waals surface area contributed by atoms with Gasteiger partial charge in [-0.1, -0.05) is 12.1 Å². The molecule has 0 atom stereocenters. The summed E-state index contributed by atoms with van der Waals surface area (Å²) in [5.74, 6) is 0.736. The third-order valence-electron chi connectivity index (χ3n) is 5.54. The fraction of sp³-hybridized carbons (Fsp3) is 0.500. The summed E-state index contributed by atoms with van der Waals surface area (Å²) >= 11 is 0. The molecule has 128 valence electrons. The lowest BCUT2D eigenvalue weighted by atomic mass is 9.97. The first kappa shape index (κ1) is 15.7. The van der Waals surface area contributed by atoms with Gasteiger partial charge in [-0.15, -0.1) is 0 Å². The molecule has 0 spiro atoms. The largest absolute Gasteiger partial charge is 0.508 e. The van der Waals surface area contributed by atoms with Gasteiger partial charge in [0.05, 0.1) is 0 Å². The van der Waals surface area contributed by atoms with E-state index in [-0.39, 0.29) is 0 Å². The van der Waals surface area contributed by atoms with Crippen LogP contribution < -0.4 is 0 Å². The number of hydrogen-bond donors (Lipinski definition) is 2. The number of phenols is 2. The van der Waals surface area contributed by atoms with Crippen molar-refractivity contribution in [1.82, 2.24) is 9.80 Å². The molecule has 4 rings (SSSR count). The van der Waals surface area contributed by atoms with Crippen molar-refractivity contribution in [3.05, 3.63) is 35.4 Å². The Balaban J connectivity index is 1.74. The van der Waals surface area contributed by atoms with Crippen LogP contribution in [-0.4, -0.2) is 46.2 Å². The lowest BCUT2D eigenvalue weighted by Crippen LogP contribution is -2.19. The summed E-state index contributed by atoms with van der Waals surface area (Å²) in [6.45, 7) is 6.00. The maximum Gasteiger partial charge on any atom is 0.120 e. The van der Waals surface area contributed by atoms with E-state index in [2.05, 4.69) is 9.80 Å². The molecule has 2 fully saturated rings. The molecular formula is C20H26N2O2. The van der Waals surface area contributed by atoms with Gasteiger partial charge in [-0.3, -0.25) is 9.80 Å². The minimum absolute atomic E-state index is 0.368. The van der Waals surface area contributed by atoms with Gasteiger partial charge in [0, 0.05) is 24.2 Å². The van der Waals surface area contributed by atoms with E-state index in [1.807, 2.05) is 12.1 Å². The van der Waals surface area contributed by atoms with Crippen molar-refractivity contribution in [2.45, 2.75) is 38.8 Å². The number of benzene rings is 2. The van der Waals surface area contributed by atoms with Crippen LogP contribution in [0.1, 0.15) is 36.8 Å². The molecule has 2 aliphatic rings. The zero-order valence-corrected chi connectivity index (χ0v) is 14.2. The number of nitrogens with zero attached hydrogens (tertiary/aromatic N) is 2. The van der Waals surface area contributed by atoms with Gasteiger partial charge in [-0.25, -0.2) is 0 Å². The SMILES string of the molecule is Oc1ccc2c(CN3CCCC3)c(O)ccc2c1CN1CCCC1. The first-order valence-corrected chi connectivity index (χ1v) is 9.12. The highest BCUT2D eigenvalue weighted by atomic mass is 16.3. The highest BCUT2D eigenvalue weighted by Gasteiger charge is 2.20. The molecule has 0 amide bonds. The highest BCUT2D eigenvalue weighted by Crippen LogP contribution is 2.35. The zero-order valence-electron chi connectivity index (χ0n) is 14.2. The summed E-state index contributed by atoms with van der Waals surface area (Å²) in [6, 6.07) is 7.51. The van der Waals surface area contributed by atoms with Crippen molar-refractivity contribution in [3.8, 4) is 11.5 Å². The third-order valence-corrected chi connectivity index (χ3v) is 5.54. The molecule has 0 unspecified atom stereocenters. The number of phenolic OH excluding ortho intramolecular Hbond substituents is 2. The molecule has 2 heterocycles. The van der Waals surface area contributed by atoms with Crippen molar-refractivity contribution in [1.29, 1.82) is 0 Å². The highest BCUT2D eigenvalue weighted by molar-refractivity contribution is 5.92. The monoisotopic (exact) mass is 326 g/mol. The second kappa shape index (κ2) is 6.61. The van der Waals surface area contributed by atoms with Gasteiger partial charge < -0.3 is 10.2 Å². The Morgan fingerprint density at radius 3 is 1.38 bits per heavy atom. The molecule has 0 radical (unpaired) electrons. The molecule has 2 saturated heterocycles. The molecule has 24 heavy (non-hydrogen) atoms. The Kier molecular flexibility index (Phi) is 4.33. The lowest BCUT2D eigenvalue weighted by Gasteiger charge is -2.21. The first-order chi connectivity index (χ1) is 11.7. The van der Waals surface area contributed by atoms with Crippen LogP contribution in [0.3, 0.4) is 0 Å². The van der Waals surface area contributed by atoms with Crippen molar-refractivity contribution >= 4 is 10.8 Å². The van der Waals surface area contributed by atoms with Crippen LogP contribution in [0.15, 0.2) is 24.3 Å². The Labute approximate surface area is 143 Å². The average molecular weight is 326 g/mol. The van der Waals surface area contributed by atoms with Crippen molar-refractivity contribution < 1.29 is 10.2 Å². The van der Waals surface area contributed by atoms with Crippen LogP contribution in [0, 0.1) is 0 Å². The number of likely N-dealkylation sites (tertiary alicyclic amines) is 2. The molecule has 2 aromatic carbocycles. The second-order valence-corrected chi connectivity index (χ2v) is 7.19. The topological polar surface area (TPSA) is 46.9 Å². The van der Waals surface area contributed by atoms with Gasteiger partial charge in [0.25, 0.3) is 0 Å². The Bertz CT molecular complexity index is 669. The maximum absolute atomic E-state index is 10.4. The fourth-order valence-electron chi connectivity index (χ4n) is 4.17. The lowest BCUT2D eigenvalue weighted by molar-refractivity contribution is 0.324. The minimum Gasteiger partial charge on any atom is -0.508 e. The van der Waals surface area contributed by atoms with E-state index >= 15 is 0 Å². The minimum atomic E-state index is 0.368. The van der Waals surface area contributed by atoms with E-state index in [4.69, 9.17) is 0 Å². The Hall–Kier alpha value is -1.78. The Morgan fingerprint density at radius 2 is 1.00 bits per heavy atom. The van der Waals surface area contributed by atoms with Crippen LogP contribution in [0.25, 0.3) is 10.8 Å². The molecular weight excluding hydrogens is 300 g/mol. The van der Waals surface area contributed by atoms with Crippen LogP contribution in [0.5, 0.6) is 11.5 Å². The summed E-state index contributed by atoms with van der Waals surface area (Å²) < 4.78 is 0. The summed E-state index contributed by atoms with van der Waals surface area (Å²) in [7, 11) is 0. The molecule has 4 nitrogen and oxygen atoms in total. The number of hydrogen-bond acceptors (Lipinski definition) is 4. The van der Waals surface area contributed by atoms with Crippen LogP contribution in [-0.2, 0) is 13.1 Å². The fourth-order valence-corrected chi connectivity index (χ4v) is 4.17. The predicted octanol–water partition coefficient (Wildman–Crippen LogP) is 3.44. The van der Waals surface area contributed by atoms with Gasteiger partial charge in [-0.05, 0) is 74.8 Å². The molecule has 0 saturated carbocycles. The van der Waals surface area contributed by atoms with E-state index in [9.17, 15) is 10.2 Å². The van der Waals surface area contributed by atoms with Crippen molar-refractivity contribution in [3.63, 3.8) is 0 Å². The molecule has 2 aromatic rings. The zero-order chi connectivity index (χ0) is 16.5. The van der Waals surface area contributed by atoms with Gasteiger partial charge in [0.15, 0.2) is 0 Å². The van der Waals surface area contributed by atoms with E-state index < -0.39 is 0 Å². The van der Waals surface area contributed by atoms with Crippen molar-refractivity contribution in [2.75, 3.05) is 26.2 Å². The van der Waals surface area contributed by atoms with Gasteiger partial charge >= 0.3 is 0 Å². The summed E-state index contributed by atoms with van der Waals surface area (Å²) in [6.07, 6.45) is 4.97. The molecule has 0 aromatic heterocycles. The predicted molar refractivity (Wildman–Crippen MR) is 96.3 cm³/mol. The standard InChI is InChI=1S/C20H26N2O2/c23-19-7-6-16-15(17(19)13-21-9-1-2-10-21)5-8-20(24)18(16)14-22-11-3-4-12-22/h5-8,23-24H,1-4,9-14H2. The quantitative estimate of drug-likeness (QED) is 0.903. The van der Waals surface area contributed by atoms with Gasteiger partial charge in [-0.2, -0.15) is 0 Å². The first-order valence-electron chi connectivity index (χ1n) is 9.12. The molecule has 2 aliphatic heterocycles. The smallest absolute Gasteiger partial charge is 0.120 e.